The number of quaternary nitrogens is 1. The van der Waals surface area contributed by atoms with Crippen LogP contribution in [-0.4, -0.2) is 192 Å². The summed E-state index contributed by atoms with van der Waals surface area (Å²) in [5, 5.41) is 18.2. The van der Waals surface area contributed by atoms with Crippen LogP contribution < -0.4 is 10.2 Å². The van der Waals surface area contributed by atoms with E-state index in [2.05, 4.69) is 9.05 Å². The fourth-order valence-electron chi connectivity index (χ4n) is 5.22. The van der Waals surface area contributed by atoms with Crippen molar-refractivity contribution in [1.29, 1.82) is 0 Å². The molecule has 0 aliphatic carbocycles. The van der Waals surface area contributed by atoms with Crippen molar-refractivity contribution < 1.29 is 254 Å². The maximum atomic E-state index is 14.1. The van der Waals surface area contributed by atoms with Gasteiger partial charge in [-0.05, 0) is 0 Å². The Bertz CT molecular complexity index is 2280. The molecule has 0 amide bonds. The molecule has 0 aromatic heterocycles. The van der Waals surface area contributed by atoms with Crippen molar-refractivity contribution in [2.24, 2.45) is 0 Å². The van der Waals surface area contributed by atoms with Crippen molar-refractivity contribution in [3.05, 3.63) is 0 Å². The first kappa shape index (κ1) is 88.5. The Labute approximate surface area is 457 Å². The van der Waals surface area contributed by atoms with Crippen molar-refractivity contribution in [3.8, 4) is 0 Å². The number of aliphatic hydroxyl groups excluding tert-OH is 2. The van der Waals surface area contributed by atoms with Crippen molar-refractivity contribution in [1.82, 2.24) is 0 Å². The van der Waals surface area contributed by atoms with E-state index in [0.717, 1.165) is 0 Å². The van der Waals surface area contributed by atoms with E-state index in [1.165, 1.54) is 0 Å². The van der Waals surface area contributed by atoms with E-state index in [9.17, 15) is 229 Å². The largest absolute Gasteiger partial charge is 0.756 e. The quantitative estimate of drug-likeness (QED) is 0.0351. The fourth-order valence-corrected chi connectivity index (χ4v) is 5.92. The molecule has 90 heavy (non-hydrogen) atoms. The highest BCUT2D eigenvalue weighted by molar-refractivity contribution is 7.45. The standard InChI is InChI=1S/C28H9F50O4P.C4H11NO2/c29-5(30,7(33,34)9(37,38)11(41,42)13(45,46)15(49,50)17(53,54)19(57,58)21(61,62)23(65,66)25(69,70)27(73,74)75)1-3-81-83(79,80)82-4-2-6(31,32)8(35,36)10(39,40)12(43,44)14(47,48)16(51,52)18(55,56)20(59,60)22(63,64)24(67,68)26(71,72)28(76,77)78;6-3-1-5-2-4-7/h1-4H2,(H,79,80);5-7H,1-4H2. The molecule has 544 valence electrons. The molecular formula is C32H20F50NO6P. The van der Waals surface area contributed by atoms with Crippen LogP contribution in [0.3, 0.4) is 0 Å². The summed E-state index contributed by atoms with van der Waals surface area (Å²) in [7, 11) is -7.65. The molecular weight excluding hydrogens is 1480 g/mol. The highest BCUT2D eigenvalue weighted by Gasteiger charge is 3.02. The van der Waals surface area contributed by atoms with Gasteiger partial charge in [0.2, 0.25) is 0 Å². The zero-order valence-electron chi connectivity index (χ0n) is 40.1. The molecule has 0 saturated carbocycles. The van der Waals surface area contributed by atoms with Gasteiger partial charge in [0.15, 0.2) is 0 Å². The molecule has 0 aliphatic heterocycles. The molecule has 0 spiro atoms. The predicted octanol–water partition coefficient (Wildman–Crippen LogP) is 13.9. The van der Waals surface area contributed by atoms with Crippen LogP contribution in [0, 0.1) is 0 Å². The summed E-state index contributed by atoms with van der Waals surface area (Å²) in [6, 6.07) is 0. The summed E-state index contributed by atoms with van der Waals surface area (Å²) in [5.41, 5.74) is 0. The van der Waals surface area contributed by atoms with E-state index in [0.29, 0.717) is 13.1 Å². The first-order chi connectivity index (χ1) is 38.3. The highest BCUT2D eigenvalue weighted by atomic mass is 31.2. The number of hydrogen-bond donors (Lipinski definition) is 3. The van der Waals surface area contributed by atoms with Gasteiger partial charge in [-0.1, -0.05) is 0 Å². The van der Waals surface area contributed by atoms with E-state index >= 15 is 0 Å². The molecule has 0 saturated heterocycles. The zero-order chi connectivity index (χ0) is 74.3. The van der Waals surface area contributed by atoms with Crippen LogP contribution in [0.5, 0.6) is 0 Å². The van der Waals surface area contributed by atoms with Crippen molar-refractivity contribution in [3.63, 3.8) is 0 Å². The van der Waals surface area contributed by atoms with Crippen molar-refractivity contribution >= 4 is 7.82 Å². The van der Waals surface area contributed by atoms with E-state index in [4.69, 9.17) is 10.2 Å². The lowest BCUT2D eigenvalue weighted by molar-refractivity contribution is -0.657. The molecule has 0 unspecified atom stereocenters. The predicted molar refractivity (Wildman–Crippen MR) is 176 cm³/mol. The molecule has 4 N–H and O–H groups in total. The molecule has 58 heteroatoms. The third-order valence-electron chi connectivity index (χ3n) is 10.7. The van der Waals surface area contributed by atoms with Crippen LogP contribution in [-0.2, 0) is 13.6 Å². The maximum absolute atomic E-state index is 14.1. The highest BCUT2D eigenvalue weighted by Crippen LogP contribution is 2.71. The van der Waals surface area contributed by atoms with E-state index in [-0.39, 0.29) is 13.2 Å². The second-order valence-electron chi connectivity index (χ2n) is 16.8. The van der Waals surface area contributed by atoms with Crippen LogP contribution in [0.25, 0.3) is 0 Å². The molecule has 0 aromatic carbocycles. The Morgan fingerprint density at radius 3 is 0.522 bits per heavy atom. The van der Waals surface area contributed by atoms with Crippen LogP contribution in [0.4, 0.5) is 220 Å². The molecule has 0 aromatic rings. The van der Waals surface area contributed by atoms with Gasteiger partial charge in [-0.3, -0.25) is 4.57 Å². The van der Waals surface area contributed by atoms with Crippen LogP contribution in [0.1, 0.15) is 12.8 Å². The van der Waals surface area contributed by atoms with Crippen molar-refractivity contribution in [2.75, 3.05) is 39.5 Å². The van der Waals surface area contributed by atoms with Gasteiger partial charge in [-0.2, -0.15) is 220 Å². The lowest BCUT2D eigenvalue weighted by Gasteiger charge is -2.45. The molecule has 0 fully saturated rings. The SMILES string of the molecule is O=P([O-])(OCCC(F)(F)C(F)(F)C(F)(F)C(F)(F)C(F)(F)C(F)(F)C(F)(F)C(F)(F)C(F)(F)C(F)(F)C(F)(F)C(F)(F)F)OCCC(F)(F)C(F)(F)C(F)(F)C(F)(F)C(F)(F)C(F)(F)C(F)(F)C(F)(F)C(F)(F)C(F)(F)C(F)(F)C(F)(F)F.OCC[NH2+]CCO. The Morgan fingerprint density at radius 1 is 0.256 bits per heavy atom. The third kappa shape index (κ3) is 12.8. The number of halogens is 50. The molecule has 7 nitrogen and oxygen atoms in total. The average molecular weight is 1500 g/mol. The second-order valence-corrected chi connectivity index (χ2v) is 18.2. The van der Waals surface area contributed by atoms with E-state index < -0.39 is 177 Å². The Kier molecular flexibility index (Phi) is 24.2. The minimum atomic E-state index is -10.1. The summed E-state index contributed by atoms with van der Waals surface area (Å²) in [5.74, 6) is -209. The lowest BCUT2D eigenvalue weighted by atomic mass is 9.84. The van der Waals surface area contributed by atoms with Gasteiger partial charge in [0, 0.05) is 12.8 Å². The summed E-state index contributed by atoms with van der Waals surface area (Å²) in [6.07, 6.45) is -25.3. The molecule has 0 radical (unpaired) electrons. The van der Waals surface area contributed by atoms with E-state index in [1.54, 1.807) is 0 Å². The normalized spacial score (nSPS) is 16.6. The van der Waals surface area contributed by atoms with Gasteiger partial charge in [-0.25, -0.2) is 0 Å². The number of aliphatic hydroxyl groups is 2. The van der Waals surface area contributed by atoms with Gasteiger partial charge >= 0.3 is 143 Å². The minimum absolute atomic E-state index is 0.194. The number of alkyl halides is 50. The van der Waals surface area contributed by atoms with Gasteiger partial charge in [-0.15, -0.1) is 0 Å². The molecule has 0 bridgehead atoms. The van der Waals surface area contributed by atoms with Crippen LogP contribution >= 0.6 is 7.82 Å². The Hall–Kier alpha value is -3.51. The van der Waals surface area contributed by atoms with Crippen LogP contribution in [0.15, 0.2) is 0 Å². The number of nitrogens with two attached hydrogens (primary N) is 1. The summed E-state index contributed by atoms with van der Waals surface area (Å²) in [4.78, 5) is 11.5. The molecule has 0 aliphatic rings. The minimum Gasteiger partial charge on any atom is -0.756 e. The number of hydrogen-bond acceptors (Lipinski definition) is 6. The summed E-state index contributed by atoms with van der Waals surface area (Å²) >= 11 is 0. The first-order valence-corrected chi connectivity index (χ1v) is 21.9. The summed E-state index contributed by atoms with van der Waals surface area (Å²) in [6.45, 7) is -5.40. The fraction of sp³-hybridized carbons (Fsp3) is 1.00. The maximum Gasteiger partial charge on any atom is 0.460 e. The zero-order valence-corrected chi connectivity index (χ0v) is 41.0. The monoisotopic (exact) mass is 1500 g/mol. The number of phosphoric acid groups is 1. The first-order valence-electron chi connectivity index (χ1n) is 20.4. The molecule has 0 heterocycles. The smallest absolute Gasteiger partial charge is 0.460 e. The lowest BCUT2D eigenvalue weighted by Crippen LogP contribution is -2.85. The van der Waals surface area contributed by atoms with Gasteiger partial charge < -0.3 is 29.5 Å². The van der Waals surface area contributed by atoms with Gasteiger partial charge in [0.05, 0.1) is 39.5 Å². The Balaban J connectivity index is 0. The second kappa shape index (κ2) is 24.6. The van der Waals surface area contributed by atoms with Gasteiger partial charge in [0.1, 0.15) is 0 Å². The number of phosphoric ester groups is 1. The topological polar surface area (TPSA) is 116 Å². The third-order valence-corrected chi connectivity index (χ3v) is 11.7. The van der Waals surface area contributed by atoms with Crippen molar-refractivity contribution in [2.45, 2.75) is 155 Å². The van der Waals surface area contributed by atoms with Gasteiger partial charge in [0.25, 0.3) is 7.82 Å². The Morgan fingerprint density at radius 2 is 0.389 bits per heavy atom. The van der Waals surface area contributed by atoms with Crippen LogP contribution in [0.2, 0.25) is 0 Å². The number of rotatable bonds is 32. The summed E-state index contributed by atoms with van der Waals surface area (Å²) < 4.78 is 696. The molecule has 0 atom stereocenters. The molecule has 0 rings (SSSR count). The average Bonchev–Trinajstić information content (AvgIpc) is 3.31. The van der Waals surface area contributed by atoms with E-state index in [1.807, 2.05) is 5.32 Å².